The third-order valence-electron chi connectivity index (χ3n) is 6.05. The van der Waals surface area contributed by atoms with Crippen LogP contribution in [-0.4, -0.2) is 0 Å². The minimum absolute atomic E-state index is 0.930. The SMILES string of the molecule is C/C=C(C)\C=C/Cc1ccc(-c2cccc(-c3ccc4c(c3)oc3ccccc34)c2)cc1. The minimum atomic E-state index is 0.930. The van der Waals surface area contributed by atoms with E-state index in [1.807, 2.05) is 12.1 Å². The lowest BCUT2D eigenvalue weighted by Crippen LogP contribution is -1.84. The molecule has 0 unspecified atom stereocenters. The Morgan fingerprint density at radius 1 is 0.688 bits per heavy atom. The van der Waals surface area contributed by atoms with Crippen LogP contribution < -0.4 is 0 Å². The Morgan fingerprint density at radius 3 is 2.19 bits per heavy atom. The molecular weight excluding hydrogens is 388 g/mol. The molecule has 1 heteroatoms. The summed E-state index contributed by atoms with van der Waals surface area (Å²) in [5.41, 5.74) is 9.29. The van der Waals surface area contributed by atoms with E-state index >= 15 is 0 Å². The van der Waals surface area contributed by atoms with Crippen molar-refractivity contribution in [2.75, 3.05) is 0 Å². The maximum absolute atomic E-state index is 6.09. The molecule has 0 atom stereocenters. The molecule has 0 aliphatic heterocycles. The molecule has 1 aromatic heterocycles. The number of benzene rings is 4. The molecule has 0 N–H and O–H groups in total. The van der Waals surface area contributed by atoms with E-state index in [1.54, 1.807) is 0 Å². The van der Waals surface area contributed by atoms with Crippen LogP contribution in [0.5, 0.6) is 0 Å². The first kappa shape index (κ1) is 20.1. The highest BCUT2D eigenvalue weighted by Crippen LogP contribution is 2.33. The first-order valence-electron chi connectivity index (χ1n) is 11.1. The van der Waals surface area contributed by atoms with Crippen molar-refractivity contribution in [1.29, 1.82) is 0 Å². The molecule has 4 aromatic carbocycles. The molecule has 156 valence electrons. The highest BCUT2D eigenvalue weighted by atomic mass is 16.3. The van der Waals surface area contributed by atoms with E-state index < -0.39 is 0 Å². The van der Waals surface area contributed by atoms with Crippen LogP contribution in [0, 0.1) is 0 Å². The van der Waals surface area contributed by atoms with Crippen molar-refractivity contribution >= 4 is 21.9 Å². The Hall–Kier alpha value is -3.84. The number of hydrogen-bond donors (Lipinski definition) is 0. The van der Waals surface area contributed by atoms with Gasteiger partial charge in [0.1, 0.15) is 11.2 Å². The zero-order chi connectivity index (χ0) is 21.9. The summed E-state index contributed by atoms with van der Waals surface area (Å²) >= 11 is 0. The molecule has 0 aliphatic rings. The van der Waals surface area contributed by atoms with Gasteiger partial charge in [-0.2, -0.15) is 0 Å². The minimum Gasteiger partial charge on any atom is -0.456 e. The molecule has 0 spiro atoms. The molecule has 0 aliphatic carbocycles. The van der Waals surface area contributed by atoms with Crippen LogP contribution >= 0.6 is 0 Å². The van der Waals surface area contributed by atoms with Gasteiger partial charge in [-0.1, -0.05) is 90.5 Å². The molecule has 0 bridgehead atoms. The molecule has 0 amide bonds. The Balaban J connectivity index is 1.42. The molecule has 1 heterocycles. The summed E-state index contributed by atoms with van der Waals surface area (Å²) in [6.07, 6.45) is 7.47. The Bertz CT molecular complexity index is 1450. The third kappa shape index (κ3) is 4.02. The van der Waals surface area contributed by atoms with E-state index in [4.69, 9.17) is 4.42 Å². The van der Waals surface area contributed by atoms with Gasteiger partial charge in [-0.25, -0.2) is 0 Å². The monoisotopic (exact) mass is 414 g/mol. The fourth-order valence-corrected chi connectivity index (χ4v) is 4.09. The van der Waals surface area contributed by atoms with Crippen LogP contribution in [0.4, 0.5) is 0 Å². The predicted molar refractivity (Wildman–Crippen MR) is 137 cm³/mol. The smallest absolute Gasteiger partial charge is 0.136 e. The summed E-state index contributed by atoms with van der Waals surface area (Å²) in [5, 5.41) is 2.33. The largest absolute Gasteiger partial charge is 0.456 e. The zero-order valence-corrected chi connectivity index (χ0v) is 18.5. The van der Waals surface area contributed by atoms with Crippen molar-refractivity contribution in [2.24, 2.45) is 0 Å². The Kier molecular flexibility index (Phi) is 5.47. The molecular formula is C31H26O. The van der Waals surface area contributed by atoms with E-state index in [-0.39, 0.29) is 0 Å². The van der Waals surface area contributed by atoms with Crippen molar-refractivity contribution in [3.63, 3.8) is 0 Å². The fourth-order valence-electron chi connectivity index (χ4n) is 4.09. The Labute approximate surface area is 189 Å². The lowest BCUT2D eigenvalue weighted by Gasteiger charge is -2.07. The number of furan rings is 1. The first-order valence-corrected chi connectivity index (χ1v) is 11.1. The van der Waals surface area contributed by atoms with Gasteiger partial charge in [0.25, 0.3) is 0 Å². The van der Waals surface area contributed by atoms with E-state index in [1.165, 1.54) is 38.8 Å². The zero-order valence-electron chi connectivity index (χ0n) is 18.5. The third-order valence-corrected chi connectivity index (χ3v) is 6.05. The number of hydrogen-bond acceptors (Lipinski definition) is 1. The Morgan fingerprint density at radius 2 is 1.38 bits per heavy atom. The van der Waals surface area contributed by atoms with Crippen molar-refractivity contribution in [3.05, 3.63) is 120 Å². The lowest BCUT2D eigenvalue weighted by atomic mass is 9.97. The van der Waals surface area contributed by atoms with E-state index in [2.05, 4.69) is 111 Å². The maximum atomic E-state index is 6.09. The van der Waals surface area contributed by atoms with Crippen LogP contribution in [0.3, 0.4) is 0 Å². The quantitative estimate of drug-likeness (QED) is 0.262. The molecule has 1 nitrogen and oxygen atoms in total. The summed E-state index contributed by atoms with van der Waals surface area (Å²) in [6.45, 7) is 4.19. The second kappa shape index (κ2) is 8.72. The van der Waals surface area contributed by atoms with Crippen molar-refractivity contribution in [2.45, 2.75) is 20.3 Å². The standard InChI is InChI=1S/C31H26O/c1-3-22(2)8-6-9-23-14-16-24(17-15-23)25-10-7-11-26(20-25)27-18-19-29-28-12-4-5-13-30(28)32-31(29)21-27/h3-8,10-21H,9H2,1-2H3/b8-6-,22-3-. The van der Waals surface area contributed by atoms with Crippen LogP contribution in [0.1, 0.15) is 19.4 Å². The highest BCUT2D eigenvalue weighted by molar-refractivity contribution is 6.05. The van der Waals surface area contributed by atoms with Crippen LogP contribution in [0.25, 0.3) is 44.2 Å². The maximum Gasteiger partial charge on any atom is 0.136 e. The normalized spacial score (nSPS) is 12.2. The van der Waals surface area contributed by atoms with Gasteiger partial charge >= 0.3 is 0 Å². The molecule has 0 fully saturated rings. The molecule has 5 aromatic rings. The molecule has 0 saturated heterocycles. The number of allylic oxidation sites excluding steroid dienone is 4. The van der Waals surface area contributed by atoms with Gasteiger partial charge in [-0.15, -0.1) is 0 Å². The van der Waals surface area contributed by atoms with Gasteiger partial charge in [0.2, 0.25) is 0 Å². The van der Waals surface area contributed by atoms with Crippen molar-refractivity contribution in [1.82, 2.24) is 0 Å². The summed E-state index contributed by atoms with van der Waals surface area (Å²) in [7, 11) is 0. The van der Waals surface area contributed by atoms with Gasteiger partial charge in [-0.3, -0.25) is 0 Å². The summed E-state index contributed by atoms with van der Waals surface area (Å²) in [4.78, 5) is 0. The van der Waals surface area contributed by atoms with Crippen molar-refractivity contribution in [3.8, 4) is 22.3 Å². The predicted octanol–water partition coefficient (Wildman–Crippen LogP) is 8.98. The van der Waals surface area contributed by atoms with Gasteiger partial charge in [0.05, 0.1) is 0 Å². The van der Waals surface area contributed by atoms with Gasteiger partial charge in [0, 0.05) is 10.8 Å². The molecule has 0 radical (unpaired) electrons. The van der Waals surface area contributed by atoms with Crippen molar-refractivity contribution < 1.29 is 4.42 Å². The van der Waals surface area contributed by atoms with Gasteiger partial charge in [-0.05, 0) is 72.4 Å². The first-order chi connectivity index (χ1) is 15.7. The van der Waals surface area contributed by atoms with E-state index in [0.717, 1.165) is 23.0 Å². The topological polar surface area (TPSA) is 13.1 Å². The average molecular weight is 415 g/mol. The second-order valence-electron chi connectivity index (χ2n) is 8.23. The molecule has 5 rings (SSSR count). The van der Waals surface area contributed by atoms with Gasteiger partial charge < -0.3 is 4.42 Å². The fraction of sp³-hybridized carbons (Fsp3) is 0.0968. The van der Waals surface area contributed by atoms with E-state index in [0.29, 0.717) is 0 Å². The van der Waals surface area contributed by atoms with Crippen LogP contribution in [-0.2, 0) is 6.42 Å². The lowest BCUT2D eigenvalue weighted by molar-refractivity contribution is 0.669. The van der Waals surface area contributed by atoms with Crippen LogP contribution in [0.15, 0.2) is 119 Å². The summed E-state index contributed by atoms with van der Waals surface area (Å²) in [5.74, 6) is 0. The summed E-state index contributed by atoms with van der Waals surface area (Å²) in [6, 6.07) is 32.3. The molecule has 0 saturated carbocycles. The van der Waals surface area contributed by atoms with Crippen LogP contribution in [0.2, 0.25) is 0 Å². The second-order valence-corrected chi connectivity index (χ2v) is 8.23. The summed E-state index contributed by atoms with van der Waals surface area (Å²) < 4.78 is 6.09. The number of fused-ring (bicyclic) bond motifs is 3. The number of rotatable bonds is 5. The average Bonchev–Trinajstić information content (AvgIpc) is 3.22. The molecule has 32 heavy (non-hydrogen) atoms. The van der Waals surface area contributed by atoms with E-state index in [9.17, 15) is 0 Å². The highest BCUT2D eigenvalue weighted by Gasteiger charge is 2.08. The van der Waals surface area contributed by atoms with Gasteiger partial charge in [0.15, 0.2) is 0 Å². The number of para-hydroxylation sites is 1.